The summed E-state index contributed by atoms with van der Waals surface area (Å²) in [7, 11) is -3.15. The molecule has 0 atom stereocenters. The summed E-state index contributed by atoms with van der Waals surface area (Å²) in [4.78, 5) is 10.8. The number of aromatic nitrogens is 4. The van der Waals surface area contributed by atoms with Crippen LogP contribution in [0.5, 0.6) is 0 Å². The maximum atomic E-state index is 11.9. The number of sulfonamides is 1. The normalized spacial score (nSPS) is 16.5. The second-order valence-corrected chi connectivity index (χ2v) is 7.94. The molecule has 0 saturated carbocycles. The van der Waals surface area contributed by atoms with Gasteiger partial charge in [-0.1, -0.05) is 0 Å². The van der Waals surface area contributed by atoms with E-state index >= 15 is 0 Å². The van der Waals surface area contributed by atoms with Gasteiger partial charge in [0.15, 0.2) is 5.82 Å². The number of piperazine rings is 1. The van der Waals surface area contributed by atoms with Gasteiger partial charge in [0.05, 0.1) is 11.9 Å². The molecule has 10 heteroatoms. The van der Waals surface area contributed by atoms with Gasteiger partial charge in [0.2, 0.25) is 10.0 Å². The second kappa shape index (κ2) is 6.36. The molecule has 9 nitrogen and oxygen atoms in total. The molecule has 1 aliphatic rings. The first-order chi connectivity index (χ1) is 11.4. The SMILES string of the molecule is CCS(=O)(=O)N1CCN(c2cnc(N)c(-c3cc(C)[nH]n3)n2)CC1. The fourth-order valence-electron chi connectivity index (χ4n) is 2.65. The highest BCUT2D eigenvalue weighted by Crippen LogP contribution is 2.24. The Bertz CT molecular complexity index is 825. The molecule has 1 fully saturated rings. The minimum atomic E-state index is -3.15. The van der Waals surface area contributed by atoms with E-state index in [1.165, 1.54) is 4.31 Å². The van der Waals surface area contributed by atoms with E-state index in [2.05, 4.69) is 20.2 Å². The Hall–Kier alpha value is -2.20. The lowest BCUT2D eigenvalue weighted by Crippen LogP contribution is -2.49. The van der Waals surface area contributed by atoms with Gasteiger partial charge in [-0.3, -0.25) is 5.10 Å². The van der Waals surface area contributed by atoms with Gasteiger partial charge >= 0.3 is 0 Å². The number of H-pyrrole nitrogens is 1. The first kappa shape index (κ1) is 16.7. The second-order valence-electron chi connectivity index (χ2n) is 5.68. The number of aromatic amines is 1. The molecule has 0 radical (unpaired) electrons. The summed E-state index contributed by atoms with van der Waals surface area (Å²) in [5, 5.41) is 7.04. The number of nitrogens with one attached hydrogen (secondary N) is 1. The predicted octanol–water partition coefficient (Wildman–Crippen LogP) is 0.229. The fraction of sp³-hybridized carbons (Fsp3) is 0.500. The van der Waals surface area contributed by atoms with Gasteiger partial charge in [0.25, 0.3) is 0 Å². The Morgan fingerprint density at radius 3 is 2.58 bits per heavy atom. The van der Waals surface area contributed by atoms with Crippen LogP contribution < -0.4 is 10.6 Å². The van der Waals surface area contributed by atoms with E-state index in [9.17, 15) is 8.42 Å². The third kappa shape index (κ3) is 3.20. The number of anilines is 2. The number of hydrogen-bond donors (Lipinski definition) is 2. The standard InChI is InChI=1S/C14H21N7O2S/c1-3-24(22,23)21-6-4-20(5-7-21)12-9-16-14(15)13(17-12)11-8-10(2)18-19-11/h8-9H,3-7H2,1-2H3,(H2,15,16)(H,18,19). The molecule has 3 N–H and O–H groups in total. The zero-order chi connectivity index (χ0) is 17.3. The Labute approximate surface area is 140 Å². The molecule has 0 spiro atoms. The third-order valence-electron chi connectivity index (χ3n) is 4.06. The zero-order valence-electron chi connectivity index (χ0n) is 13.7. The molecule has 0 aromatic carbocycles. The van der Waals surface area contributed by atoms with Crippen molar-refractivity contribution in [1.82, 2.24) is 24.5 Å². The van der Waals surface area contributed by atoms with Crippen molar-refractivity contribution >= 4 is 21.7 Å². The smallest absolute Gasteiger partial charge is 0.213 e. The van der Waals surface area contributed by atoms with Crippen molar-refractivity contribution in [3.63, 3.8) is 0 Å². The molecule has 130 valence electrons. The lowest BCUT2D eigenvalue weighted by molar-refractivity contribution is 0.384. The van der Waals surface area contributed by atoms with E-state index in [-0.39, 0.29) is 5.75 Å². The molecule has 3 rings (SSSR count). The predicted molar refractivity (Wildman–Crippen MR) is 92.0 cm³/mol. The number of nitrogen functional groups attached to an aromatic ring is 1. The number of rotatable bonds is 4. The molecule has 0 amide bonds. The van der Waals surface area contributed by atoms with Gasteiger partial charge in [-0.05, 0) is 19.9 Å². The summed E-state index contributed by atoms with van der Waals surface area (Å²) in [6.45, 7) is 5.58. The van der Waals surface area contributed by atoms with Gasteiger partial charge in [0, 0.05) is 31.9 Å². The Morgan fingerprint density at radius 1 is 1.29 bits per heavy atom. The van der Waals surface area contributed by atoms with Crippen LogP contribution in [-0.2, 0) is 10.0 Å². The maximum Gasteiger partial charge on any atom is 0.213 e. The van der Waals surface area contributed by atoms with E-state index in [4.69, 9.17) is 5.73 Å². The van der Waals surface area contributed by atoms with Gasteiger partial charge < -0.3 is 10.6 Å². The summed E-state index contributed by atoms with van der Waals surface area (Å²) in [6.07, 6.45) is 1.61. The molecule has 2 aromatic heterocycles. The van der Waals surface area contributed by atoms with Crippen LogP contribution in [0, 0.1) is 6.92 Å². The highest BCUT2D eigenvalue weighted by molar-refractivity contribution is 7.89. The first-order valence-electron chi connectivity index (χ1n) is 7.78. The number of nitrogens with two attached hydrogens (primary N) is 1. The highest BCUT2D eigenvalue weighted by Gasteiger charge is 2.26. The van der Waals surface area contributed by atoms with E-state index in [0.717, 1.165) is 5.69 Å². The lowest BCUT2D eigenvalue weighted by atomic mass is 10.2. The first-order valence-corrected chi connectivity index (χ1v) is 9.39. The minimum Gasteiger partial charge on any atom is -0.382 e. The van der Waals surface area contributed by atoms with Gasteiger partial charge in [-0.25, -0.2) is 18.4 Å². The number of hydrogen-bond acceptors (Lipinski definition) is 7. The number of aryl methyl sites for hydroxylation is 1. The molecule has 1 saturated heterocycles. The monoisotopic (exact) mass is 351 g/mol. The van der Waals surface area contributed by atoms with Crippen molar-refractivity contribution < 1.29 is 8.42 Å². The summed E-state index contributed by atoms with van der Waals surface area (Å²) >= 11 is 0. The van der Waals surface area contributed by atoms with Gasteiger partial charge in [-0.2, -0.15) is 9.40 Å². The van der Waals surface area contributed by atoms with Crippen molar-refractivity contribution in [2.75, 3.05) is 42.6 Å². The average molecular weight is 351 g/mol. The molecule has 1 aliphatic heterocycles. The van der Waals surface area contributed by atoms with E-state index in [1.807, 2.05) is 17.9 Å². The van der Waals surface area contributed by atoms with Crippen LogP contribution in [0.3, 0.4) is 0 Å². The summed E-state index contributed by atoms with van der Waals surface area (Å²) in [6, 6.07) is 1.86. The van der Waals surface area contributed by atoms with Crippen molar-refractivity contribution in [3.05, 3.63) is 18.0 Å². The molecule has 0 unspecified atom stereocenters. The highest BCUT2D eigenvalue weighted by atomic mass is 32.2. The van der Waals surface area contributed by atoms with Gasteiger partial charge in [0.1, 0.15) is 17.2 Å². The topological polar surface area (TPSA) is 121 Å². The molecule has 24 heavy (non-hydrogen) atoms. The fourth-order valence-corrected chi connectivity index (χ4v) is 3.73. The molecule has 3 heterocycles. The Balaban J connectivity index is 1.79. The summed E-state index contributed by atoms with van der Waals surface area (Å²) in [5.41, 5.74) is 8.01. The molecule has 0 aliphatic carbocycles. The van der Waals surface area contributed by atoms with E-state index in [1.54, 1.807) is 13.1 Å². The Kier molecular flexibility index (Phi) is 4.41. The summed E-state index contributed by atoms with van der Waals surface area (Å²) < 4.78 is 25.4. The van der Waals surface area contributed by atoms with Crippen LogP contribution in [0.1, 0.15) is 12.6 Å². The maximum absolute atomic E-state index is 11.9. The third-order valence-corrected chi connectivity index (χ3v) is 5.94. The van der Waals surface area contributed by atoms with Crippen molar-refractivity contribution in [2.24, 2.45) is 0 Å². The van der Waals surface area contributed by atoms with Gasteiger partial charge in [-0.15, -0.1) is 0 Å². The van der Waals surface area contributed by atoms with Crippen LogP contribution in [0.4, 0.5) is 11.6 Å². The van der Waals surface area contributed by atoms with E-state index in [0.29, 0.717) is 49.2 Å². The lowest BCUT2D eigenvalue weighted by Gasteiger charge is -2.34. The van der Waals surface area contributed by atoms with Crippen LogP contribution in [0.15, 0.2) is 12.3 Å². The zero-order valence-corrected chi connectivity index (χ0v) is 14.5. The summed E-state index contributed by atoms with van der Waals surface area (Å²) in [5.74, 6) is 1.11. The molecule has 0 bridgehead atoms. The average Bonchev–Trinajstić information content (AvgIpc) is 3.01. The largest absolute Gasteiger partial charge is 0.382 e. The van der Waals surface area contributed by atoms with Crippen molar-refractivity contribution in [1.29, 1.82) is 0 Å². The molecular formula is C14H21N7O2S. The quantitative estimate of drug-likeness (QED) is 0.808. The van der Waals surface area contributed by atoms with Crippen molar-refractivity contribution in [2.45, 2.75) is 13.8 Å². The van der Waals surface area contributed by atoms with Crippen LogP contribution in [-0.4, -0.2) is 64.8 Å². The minimum absolute atomic E-state index is 0.122. The molecular weight excluding hydrogens is 330 g/mol. The Morgan fingerprint density at radius 2 is 2.00 bits per heavy atom. The van der Waals surface area contributed by atoms with Crippen molar-refractivity contribution in [3.8, 4) is 11.4 Å². The molecule has 2 aromatic rings. The van der Waals surface area contributed by atoms with Crippen LogP contribution in [0.2, 0.25) is 0 Å². The van der Waals surface area contributed by atoms with Crippen LogP contribution in [0.25, 0.3) is 11.4 Å². The van der Waals surface area contributed by atoms with Crippen LogP contribution >= 0.6 is 0 Å². The van der Waals surface area contributed by atoms with E-state index < -0.39 is 10.0 Å². The number of nitrogens with zero attached hydrogens (tertiary/aromatic N) is 5.